The smallest absolute Gasteiger partial charge is 0.342 e. The molecule has 0 saturated heterocycles. The fraction of sp³-hybridized carbons (Fsp3) is 0.385. The number of ether oxygens (including phenoxy) is 1. The lowest BCUT2D eigenvalue weighted by atomic mass is 10.2. The van der Waals surface area contributed by atoms with Crippen LogP contribution in [0.25, 0.3) is 0 Å². The van der Waals surface area contributed by atoms with Crippen molar-refractivity contribution in [3.8, 4) is 5.75 Å². The molecule has 0 unspecified atom stereocenters. The Hall–Kier alpha value is -1.75. The summed E-state index contributed by atoms with van der Waals surface area (Å²) in [6.45, 7) is 4.05. The van der Waals surface area contributed by atoms with E-state index >= 15 is 0 Å². The number of carbonyl (C=O) groups excluding carboxylic acids is 2. The summed E-state index contributed by atoms with van der Waals surface area (Å²) in [5.74, 6) is -1.11. The summed E-state index contributed by atoms with van der Waals surface area (Å²) < 4.78 is 4.79. The molecule has 0 heterocycles. The zero-order valence-electron chi connectivity index (χ0n) is 10.8. The first-order chi connectivity index (χ1) is 8.90. The van der Waals surface area contributed by atoms with Gasteiger partial charge < -0.3 is 15.2 Å². The van der Waals surface area contributed by atoms with Crippen molar-refractivity contribution in [2.24, 2.45) is 5.92 Å². The number of phenolic OH excluding ortho intramolecular Hbond substituents is 1. The summed E-state index contributed by atoms with van der Waals surface area (Å²) in [7, 11) is 0. The van der Waals surface area contributed by atoms with Crippen LogP contribution in [0.5, 0.6) is 5.75 Å². The summed E-state index contributed by atoms with van der Waals surface area (Å²) in [6, 6.07) is 4.03. The van der Waals surface area contributed by atoms with Crippen molar-refractivity contribution in [1.29, 1.82) is 0 Å². The van der Waals surface area contributed by atoms with Crippen LogP contribution in [0.2, 0.25) is 5.02 Å². The van der Waals surface area contributed by atoms with Crippen molar-refractivity contribution in [2.75, 3.05) is 13.2 Å². The average Bonchev–Trinajstić information content (AvgIpc) is 2.33. The molecule has 0 saturated carbocycles. The van der Waals surface area contributed by atoms with Gasteiger partial charge in [-0.15, -0.1) is 0 Å². The zero-order valence-corrected chi connectivity index (χ0v) is 11.5. The first-order valence-corrected chi connectivity index (χ1v) is 6.20. The van der Waals surface area contributed by atoms with E-state index < -0.39 is 5.97 Å². The molecule has 19 heavy (non-hydrogen) atoms. The Morgan fingerprint density at radius 2 is 2.11 bits per heavy atom. The molecule has 104 valence electrons. The molecular weight excluding hydrogens is 270 g/mol. The maximum atomic E-state index is 11.6. The van der Waals surface area contributed by atoms with Crippen LogP contribution in [-0.4, -0.2) is 30.1 Å². The Morgan fingerprint density at radius 1 is 1.42 bits per heavy atom. The highest BCUT2D eigenvalue weighted by atomic mass is 35.5. The Labute approximate surface area is 116 Å². The maximum absolute atomic E-state index is 11.6. The number of aromatic hydroxyl groups is 1. The number of amides is 1. The number of phenols is 1. The third-order valence-electron chi connectivity index (χ3n) is 2.22. The second-order valence-electron chi connectivity index (χ2n) is 4.44. The van der Waals surface area contributed by atoms with Gasteiger partial charge in [-0.05, 0) is 24.1 Å². The van der Waals surface area contributed by atoms with Crippen molar-refractivity contribution in [2.45, 2.75) is 13.8 Å². The molecule has 5 nitrogen and oxygen atoms in total. The first kappa shape index (κ1) is 15.3. The number of benzene rings is 1. The second-order valence-corrected chi connectivity index (χ2v) is 4.87. The lowest BCUT2D eigenvalue weighted by Gasteiger charge is -2.09. The SMILES string of the molecule is CC(C)CNC(=O)COC(=O)c1ccc(Cl)cc1O. The highest BCUT2D eigenvalue weighted by molar-refractivity contribution is 6.30. The van der Waals surface area contributed by atoms with Gasteiger partial charge in [-0.25, -0.2) is 4.79 Å². The average molecular weight is 286 g/mol. The Morgan fingerprint density at radius 3 is 2.68 bits per heavy atom. The molecule has 0 aliphatic carbocycles. The number of esters is 1. The molecule has 1 amide bonds. The third-order valence-corrected chi connectivity index (χ3v) is 2.46. The van der Waals surface area contributed by atoms with E-state index in [-0.39, 0.29) is 23.8 Å². The standard InChI is InChI=1S/C13H16ClNO4/c1-8(2)6-15-12(17)7-19-13(18)10-4-3-9(14)5-11(10)16/h3-5,8,16H,6-7H2,1-2H3,(H,15,17). The van der Waals surface area contributed by atoms with Gasteiger partial charge >= 0.3 is 5.97 Å². The molecule has 6 heteroatoms. The van der Waals surface area contributed by atoms with Gasteiger partial charge in [0.05, 0.1) is 0 Å². The minimum absolute atomic E-state index is 0.0268. The molecule has 0 aliphatic heterocycles. The number of rotatable bonds is 5. The van der Waals surface area contributed by atoms with Gasteiger partial charge in [0.25, 0.3) is 5.91 Å². The summed E-state index contributed by atoms with van der Waals surface area (Å²) in [4.78, 5) is 23.0. The molecule has 0 atom stereocenters. The lowest BCUT2D eigenvalue weighted by molar-refractivity contribution is -0.124. The lowest BCUT2D eigenvalue weighted by Crippen LogP contribution is -2.31. The van der Waals surface area contributed by atoms with Crippen LogP contribution < -0.4 is 5.32 Å². The van der Waals surface area contributed by atoms with E-state index in [4.69, 9.17) is 16.3 Å². The second kappa shape index (κ2) is 6.99. The van der Waals surface area contributed by atoms with E-state index in [0.29, 0.717) is 17.5 Å². The van der Waals surface area contributed by atoms with Crippen LogP contribution >= 0.6 is 11.6 Å². The van der Waals surface area contributed by atoms with Crippen LogP contribution in [0.4, 0.5) is 0 Å². The monoisotopic (exact) mass is 285 g/mol. The predicted octanol–water partition coefficient (Wildman–Crippen LogP) is 1.97. The van der Waals surface area contributed by atoms with Gasteiger partial charge in [-0.2, -0.15) is 0 Å². The Balaban J connectivity index is 2.49. The van der Waals surface area contributed by atoms with Crippen LogP contribution in [0, 0.1) is 5.92 Å². The Kier molecular flexibility index (Phi) is 5.63. The number of carbonyl (C=O) groups is 2. The number of hydrogen-bond donors (Lipinski definition) is 2. The molecule has 1 aromatic carbocycles. The molecule has 0 radical (unpaired) electrons. The van der Waals surface area contributed by atoms with Gasteiger partial charge in [-0.1, -0.05) is 25.4 Å². The Bertz CT molecular complexity index is 474. The first-order valence-electron chi connectivity index (χ1n) is 5.82. The van der Waals surface area contributed by atoms with Gasteiger partial charge in [0.15, 0.2) is 6.61 Å². The van der Waals surface area contributed by atoms with Crippen LogP contribution in [0.3, 0.4) is 0 Å². The normalized spacial score (nSPS) is 10.3. The van der Waals surface area contributed by atoms with Crippen molar-refractivity contribution in [1.82, 2.24) is 5.32 Å². The van der Waals surface area contributed by atoms with Crippen LogP contribution in [-0.2, 0) is 9.53 Å². The molecule has 0 aliphatic rings. The summed E-state index contributed by atoms with van der Waals surface area (Å²) in [6.07, 6.45) is 0. The largest absolute Gasteiger partial charge is 0.507 e. The third kappa shape index (κ3) is 5.18. The van der Waals surface area contributed by atoms with Gasteiger partial charge in [0.2, 0.25) is 0 Å². The minimum atomic E-state index is -0.770. The maximum Gasteiger partial charge on any atom is 0.342 e. The molecule has 1 aromatic rings. The highest BCUT2D eigenvalue weighted by Crippen LogP contribution is 2.22. The highest BCUT2D eigenvalue weighted by Gasteiger charge is 2.14. The summed E-state index contributed by atoms with van der Waals surface area (Å²) >= 11 is 5.64. The molecule has 1 rings (SSSR count). The number of hydrogen-bond acceptors (Lipinski definition) is 4. The van der Waals surface area contributed by atoms with Crippen molar-refractivity contribution in [3.63, 3.8) is 0 Å². The molecule has 0 spiro atoms. The summed E-state index contributed by atoms with van der Waals surface area (Å²) in [5, 5.41) is 12.4. The van der Waals surface area contributed by atoms with Gasteiger partial charge in [0.1, 0.15) is 11.3 Å². The predicted molar refractivity (Wildman–Crippen MR) is 71.2 cm³/mol. The fourth-order valence-electron chi connectivity index (χ4n) is 1.26. The minimum Gasteiger partial charge on any atom is -0.507 e. The number of halogens is 1. The quantitative estimate of drug-likeness (QED) is 0.811. The van der Waals surface area contributed by atoms with E-state index in [2.05, 4.69) is 5.32 Å². The van der Waals surface area contributed by atoms with E-state index in [1.807, 2.05) is 13.8 Å². The van der Waals surface area contributed by atoms with Crippen molar-refractivity contribution in [3.05, 3.63) is 28.8 Å². The van der Waals surface area contributed by atoms with Gasteiger partial charge in [0, 0.05) is 11.6 Å². The molecular formula is C13H16ClNO4. The van der Waals surface area contributed by atoms with Crippen molar-refractivity contribution < 1.29 is 19.4 Å². The van der Waals surface area contributed by atoms with E-state index in [1.165, 1.54) is 18.2 Å². The zero-order chi connectivity index (χ0) is 14.4. The summed E-state index contributed by atoms with van der Waals surface area (Å²) in [5.41, 5.74) is -0.0268. The van der Waals surface area contributed by atoms with E-state index in [1.54, 1.807) is 0 Å². The molecule has 0 aromatic heterocycles. The molecule has 0 fully saturated rings. The van der Waals surface area contributed by atoms with E-state index in [9.17, 15) is 14.7 Å². The van der Waals surface area contributed by atoms with Gasteiger partial charge in [-0.3, -0.25) is 4.79 Å². The molecule has 0 bridgehead atoms. The van der Waals surface area contributed by atoms with Crippen LogP contribution in [0.15, 0.2) is 18.2 Å². The van der Waals surface area contributed by atoms with Crippen molar-refractivity contribution >= 4 is 23.5 Å². The fourth-order valence-corrected chi connectivity index (χ4v) is 1.42. The molecule has 2 N–H and O–H groups in total. The van der Waals surface area contributed by atoms with E-state index in [0.717, 1.165) is 0 Å². The number of nitrogens with one attached hydrogen (secondary N) is 1. The van der Waals surface area contributed by atoms with Crippen LogP contribution in [0.1, 0.15) is 24.2 Å². The topological polar surface area (TPSA) is 75.6 Å².